The van der Waals surface area contributed by atoms with Crippen LogP contribution < -0.4 is 5.32 Å². The predicted molar refractivity (Wildman–Crippen MR) is 87.1 cm³/mol. The highest BCUT2D eigenvalue weighted by Gasteiger charge is 2.27. The highest BCUT2D eigenvalue weighted by atomic mass is 16.2. The molecule has 1 aliphatic rings. The summed E-state index contributed by atoms with van der Waals surface area (Å²) in [5.41, 5.74) is 2.73. The number of rotatable bonds is 5. The van der Waals surface area contributed by atoms with Crippen molar-refractivity contribution in [1.82, 2.24) is 10.2 Å². The largest absolute Gasteiger partial charge is 0.342 e. The summed E-state index contributed by atoms with van der Waals surface area (Å²) in [5, 5.41) is 3.66. The molecule has 1 amide bonds. The molecule has 0 unspecified atom stereocenters. The molecule has 0 spiro atoms. The molecular weight excluding hydrogens is 260 g/mol. The third kappa shape index (κ3) is 4.31. The third-order valence-electron chi connectivity index (χ3n) is 4.56. The van der Waals surface area contributed by atoms with Crippen molar-refractivity contribution in [2.75, 3.05) is 13.1 Å². The number of nitrogens with one attached hydrogen (secondary N) is 1. The van der Waals surface area contributed by atoms with E-state index >= 15 is 0 Å². The molecule has 1 heterocycles. The summed E-state index contributed by atoms with van der Waals surface area (Å²) >= 11 is 0. The smallest absolute Gasteiger partial charge is 0.222 e. The zero-order valence-electron chi connectivity index (χ0n) is 13.6. The van der Waals surface area contributed by atoms with Gasteiger partial charge in [0.15, 0.2) is 0 Å². The highest BCUT2D eigenvalue weighted by molar-refractivity contribution is 5.75. The summed E-state index contributed by atoms with van der Waals surface area (Å²) in [6.07, 6.45) is 2.77. The van der Waals surface area contributed by atoms with Crippen LogP contribution in [-0.4, -0.2) is 29.9 Å². The Labute approximate surface area is 128 Å². The minimum absolute atomic E-state index is 0.287. The van der Waals surface area contributed by atoms with E-state index in [1.54, 1.807) is 0 Å². The monoisotopic (exact) mass is 288 g/mol. The summed E-state index contributed by atoms with van der Waals surface area (Å²) < 4.78 is 0. The molecule has 2 rings (SSSR count). The molecule has 1 saturated heterocycles. The number of nitrogens with zero attached hydrogens (tertiary/aromatic N) is 1. The van der Waals surface area contributed by atoms with Gasteiger partial charge in [-0.3, -0.25) is 4.79 Å². The van der Waals surface area contributed by atoms with Gasteiger partial charge in [-0.25, -0.2) is 0 Å². The molecule has 1 fully saturated rings. The van der Waals surface area contributed by atoms with Crippen molar-refractivity contribution in [2.45, 2.75) is 52.6 Å². The van der Waals surface area contributed by atoms with Crippen molar-refractivity contribution in [3.8, 4) is 0 Å². The highest BCUT2D eigenvalue weighted by Crippen LogP contribution is 2.18. The SMILES string of the molecule is CCC(=O)N1CC[C@@H](NCc2ccc(CC)cc2)[C@@H](C)C1. The van der Waals surface area contributed by atoms with E-state index in [0.717, 1.165) is 32.5 Å². The molecule has 0 bridgehead atoms. The molecular formula is C18H28N2O. The van der Waals surface area contributed by atoms with Crippen molar-refractivity contribution < 1.29 is 4.79 Å². The Bertz CT molecular complexity index is 455. The van der Waals surface area contributed by atoms with Crippen molar-refractivity contribution in [2.24, 2.45) is 5.92 Å². The fourth-order valence-corrected chi connectivity index (χ4v) is 3.04. The van der Waals surface area contributed by atoms with E-state index in [1.807, 2.05) is 11.8 Å². The van der Waals surface area contributed by atoms with Crippen LogP contribution in [0.25, 0.3) is 0 Å². The van der Waals surface area contributed by atoms with Crippen LogP contribution in [0.1, 0.15) is 44.7 Å². The quantitative estimate of drug-likeness (QED) is 0.903. The molecule has 0 aromatic heterocycles. The van der Waals surface area contributed by atoms with E-state index < -0.39 is 0 Å². The molecule has 2 atom stereocenters. The van der Waals surface area contributed by atoms with E-state index in [-0.39, 0.29) is 5.91 Å². The number of likely N-dealkylation sites (tertiary alicyclic amines) is 1. The van der Waals surface area contributed by atoms with Gasteiger partial charge in [0.05, 0.1) is 0 Å². The Morgan fingerprint density at radius 1 is 1.24 bits per heavy atom. The normalized spacial score (nSPS) is 22.3. The van der Waals surface area contributed by atoms with Crippen LogP contribution in [0.5, 0.6) is 0 Å². The van der Waals surface area contributed by atoms with Crippen LogP contribution in [0.15, 0.2) is 24.3 Å². The molecule has 0 radical (unpaired) electrons. The number of piperidine rings is 1. The number of hydrogen-bond acceptors (Lipinski definition) is 2. The van der Waals surface area contributed by atoms with Gasteiger partial charge in [0, 0.05) is 32.1 Å². The minimum Gasteiger partial charge on any atom is -0.342 e. The number of aryl methyl sites for hydroxylation is 1. The maximum Gasteiger partial charge on any atom is 0.222 e. The second kappa shape index (κ2) is 7.60. The molecule has 21 heavy (non-hydrogen) atoms. The fourth-order valence-electron chi connectivity index (χ4n) is 3.04. The van der Waals surface area contributed by atoms with Crippen LogP contribution in [-0.2, 0) is 17.8 Å². The predicted octanol–water partition coefficient (Wildman–Crippen LogP) is 2.99. The van der Waals surface area contributed by atoms with Gasteiger partial charge in [-0.2, -0.15) is 0 Å². The van der Waals surface area contributed by atoms with E-state index in [2.05, 4.69) is 43.4 Å². The molecule has 1 aliphatic heterocycles. The van der Waals surface area contributed by atoms with Crippen molar-refractivity contribution in [3.05, 3.63) is 35.4 Å². The van der Waals surface area contributed by atoms with E-state index in [0.29, 0.717) is 18.4 Å². The Morgan fingerprint density at radius 2 is 1.90 bits per heavy atom. The summed E-state index contributed by atoms with van der Waals surface area (Å²) in [6.45, 7) is 9.06. The minimum atomic E-state index is 0.287. The van der Waals surface area contributed by atoms with Gasteiger partial charge >= 0.3 is 0 Å². The molecule has 0 aliphatic carbocycles. The van der Waals surface area contributed by atoms with Gasteiger partial charge in [-0.05, 0) is 29.9 Å². The number of carbonyl (C=O) groups is 1. The Balaban J connectivity index is 1.82. The Kier molecular flexibility index (Phi) is 5.80. The van der Waals surface area contributed by atoms with E-state index in [9.17, 15) is 4.79 Å². The molecule has 3 heteroatoms. The van der Waals surface area contributed by atoms with Crippen molar-refractivity contribution in [3.63, 3.8) is 0 Å². The molecule has 3 nitrogen and oxygen atoms in total. The van der Waals surface area contributed by atoms with Crippen LogP contribution in [0.4, 0.5) is 0 Å². The Morgan fingerprint density at radius 3 is 2.48 bits per heavy atom. The number of hydrogen-bond donors (Lipinski definition) is 1. The van der Waals surface area contributed by atoms with E-state index in [1.165, 1.54) is 11.1 Å². The first-order valence-electron chi connectivity index (χ1n) is 8.23. The van der Waals surface area contributed by atoms with Crippen LogP contribution in [0.2, 0.25) is 0 Å². The summed E-state index contributed by atoms with van der Waals surface area (Å²) in [4.78, 5) is 13.8. The summed E-state index contributed by atoms with van der Waals surface area (Å²) in [6, 6.07) is 9.36. The van der Waals surface area contributed by atoms with Gasteiger partial charge < -0.3 is 10.2 Å². The fraction of sp³-hybridized carbons (Fsp3) is 0.611. The summed E-state index contributed by atoms with van der Waals surface area (Å²) in [7, 11) is 0. The van der Waals surface area contributed by atoms with Gasteiger partial charge in [-0.1, -0.05) is 45.0 Å². The Hall–Kier alpha value is -1.35. The van der Waals surface area contributed by atoms with Gasteiger partial charge in [0.1, 0.15) is 0 Å². The zero-order valence-corrected chi connectivity index (χ0v) is 13.6. The molecule has 1 N–H and O–H groups in total. The second-order valence-corrected chi connectivity index (χ2v) is 6.12. The van der Waals surface area contributed by atoms with Gasteiger partial charge in [0.2, 0.25) is 5.91 Å². The second-order valence-electron chi connectivity index (χ2n) is 6.12. The molecule has 1 aromatic rings. The van der Waals surface area contributed by atoms with Crippen LogP contribution in [0, 0.1) is 5.92 Å². The first-order valence-corrected chi connectivity index (χ1v) is 8.23. The van der Waals surface area contributed by atoms with Crippen LogP contribution >= 0.6 is 0 Å². The topological polar surface area (TPSA) is 32.3 Å². The lowest BCUT2D eigenvalue weighted by Crippen LogP contribution is -2.49. The zero-order chi connectivity index (χ0) is 15.2. The maximum absolute atomic E-state index is 11.8. The lowest BCUT2D eigenvalue weighted by atomic mass is 9.93. The lowest BCUT2D eigenvalue weighted by molar-refractivity contribution is -0.132. The van der Waals surface area contributed by atoms with Gasteiger partial charge in [-0.15, -0.1) is 0 Å². The number of benzene rings is 1. The average Bonchev–Trinajstić information content (AvgIpc) is 2.53. The standard InChI is InChI=1S/C18H28N2O/c1-4-15-6-8-16(9-7-15)12-19-17-10-11-20(13-14(17)3)18(21)5-2/h6-9,14,17,19H,4-5,10-13H2,1-3H3/t14-,17+/m0/s1. The molecule has 0 saturated carbocycles. The third-order valence-corrected chi connectivity index (χ3v) is 4.56. The van der Waals surface area contributed by atoms with E-state index in [4.69, 9.17) is 0 Å². The molecule has 116 valence electrons. The number of carbonyl (C=O) groups excluding carboxylic acids is 1. The van der Waals surface area contributed by atoms with Crippen molar-refractivity contribution >= 4 is 5.91 Å². The number of amides is 1. The van der Waals surface area contributed by atoms with Crippen LogP contribution in [0.3, 0.4) is 0 Å². The summed E-state index contributed by atoms with van der Waals surface area (Å²) in [5.74, 6) is 0.805. The lowest BCUT2D eigenvalue weighted by Gasteiger charge is -2.37. The maximum atomic E-state index is 11.8. The first kappa shape index (κ1) is 16.0. The first-order chi connectivity index (χ1) is 10.1. The van der Waals surface area contributed by atoms with Gasteiger partial charge in [0.25, 0.3) is 0 Å². The van der Waals surface area contributed by atoms with Crippen molar-refractivity contribution in [1.29, 1.82) is 0 Å². The molecule has 1 aromatic carbocycles. The average molecular weight is 288 g/mol.